The Labute approximate surface area is 197 Å². The molecule has 0 radical (unpaired) electrons. The van der Waals surface area contributed by atoms with Gasteiger partial charge in [0.25, 0.3) is 0 Å². The molecule has 0 bridgehead atoms. The van der Waals surface area contributed by atoms with Gasteiger partial charge in [-0.25, -0.2) is 8.42 Å². The van der Waals surface area contributed by atoms with E-state index in [1.54, 1.807) is 0 Å². The monoisotopic (exact) mass is 428 g/mol. The molecule has 28 heavy (non-hydrogen) atoms. The third-order valence-electron chi connectivity index (χ3n) is 5.44. The molecule has 0 rings (SSSR count). The Morgan fingerprint density at radius 1 is 0.679 bits per heavy atom. The predicted molar refractivity (Wildman–Crippen MR) is 114 cm³/mol. The van der Waals surface area contributed by atoms with E-state index in [9.17, 15) is 18.1 Å². The normalized spacial score (nSPS) is 13.9. The van der Waals surface area contributed by atoms with Crippen molar-refractivity contribution < 1.29 is 47.6 Å². The summed E-state index contributed by atoms with van der Waals surface area (Å²) in [7, 11) is -4.12. The maximum Gasteiger partial charge on any atom is 1.00 e. The van der Waals surface area contributed by atoms with E-state index in [0.29, 0.717) is 12.8 Å². The van der Waals surface area contributed by atoms with E-state index in [1.807, 2.05) is 13.8 Å². The van der Waals surface area contributed by atoms with Crippen molar-refractivity contribution in [3.05, 3.63) is 0 Å². The van der Waals surface area contributed by atoms with Crippen molar-refractivity contribution in [3.8, 4) is 0 Å². The second-order valence-electron chi connectivity index (χ2n) is 8.28. The van der Waals surface area contributed by atoms with Crippen LogP contribution in [0, 0.1) is 0 Å². The zero-order valence-electron chi connectivity index (χ0n) is 19.0. The molecule has 4 nitrogen and oxygen atoms in total. The zero-order valence-corrected chi connectivity index (χ0v) is 21.8. The first kappa shape index (κ1) is 31.1. The summed E-state index contributed by atoms with van der Waals surface area (Å²) in [5, 5.41) is 8.53. The topological polar surface area (TPSA) is 77.4 Å². The predicted octanol–water partition coefficient (Wildman–Crippen LogP) is 3.33. The van der Waals surface area contributed by atoms with E-state index in [4.69, 9.17) is 0 Å². The van der Waals surface area contributed by atoms with Gasteiger partial charge in [-0.15, -0.1) is 0 Å². The van der Waals surface area contributed by atoms with Crippen LogP contribution >= 0.6 is 0 Å². The largest absolute Gasteiger partial charge is 1.00 e. The van der Waals surface area contributed by atoms with Crippen molar-refractivity contribution in [2.75, 3.05) is 0 Å². The first-order valence-electron chi connectivity index (χ1n) is 11.5. The molecule has 0 aliphatic heterocycles. The van der Waals surface area contributed by atoms with Crippen LogP contribution in [-0.4, -0.2) is 29.4 Å². The molecule has 0 fully saturated rings. The SMILES string of the molecule is CCCCC(CCCCCCCCCCCCCCCC(C)O)S(=O)(=O)[O-].[Na+]. The van der Waals surface area contributed by atoms with Crippen LogP contribution in [0.25, 0.3) is 0 Å². The molecular weight excluding hydrogens is 383 g/mol. The van der Waals surface area contributed by atoms with E-state index >= 15 is 0 Å². The molecule has 0 aromatic carbocycles. The van der Waals surface area contributed by atoms with E-state index in [-0.39, 0.29) is 35.7 Å². The van der Waals surface area contributed by atoms with E-state index in [2.05, 4.69) is 0 Å². The summed E-state index contributed by atoms with van der Waals surface area (Å²) in [6, 6.07) is 0. The summed E-state index contributed by atoms with van der Waals surface area (Å²) in [4.78, 5) is 0. The molecule has 0 aliphatic rings. The number of aliphatic hydroxyl groups is 1. The van der Waals surface area contributed by atoms with Crippen LogP contribution in [0.15, 0.2) is 0 Å². The van der Waals surface area contributed by atoms with Gasteiger partial charge in [-0.1, -0.05) is 103 Å². The molecular formula is C22H45NaO4S. The first-order valence-corrected chi connectivity index (χ1v) is 13.0. The quantitative estimate of drug-likeness (QED) is 0.183. The fourth-order valence-corrected chi connectivity index (χ4v) is 4.53. The number of hydrogen-bond acceptors (Lipinski definition) is 4. The van der Waals surface area contributed by atoms with Crippen molar-refractivity contribution in [3.63, 3.8) is 0 Å². The molecule has 0 spiro atoms. The Balaban J connectivity index is 0. The van der Waals surface area contributed by atoms with Crippen LogP contribution in [0.3, 0.4) is 0 Å². The fourth-order valence-electron chi connectivity index (χ4n) is 3.62. The second kappa shape index (κ2) is 21.1. The number of hydrogen-bond donors (Lipinski definition) is 1. The molecule has 0 aromatic heterocycles. The molecule has 0 heterocycles. The van der Waals surface area contributed by atoms with Gasteiger partial charge in [0.05, 0.1) is 16.2 Å². The van der Waals surface area contributed by atoms with Gasteiger partial charge < -0.3 is 9.66 Å². The summed E-state index contributed by atoms with van der Waals surface area (Å²) in [5.41, 5.74) is 0. The Kier molecular flexibility index (Phi) is 23.4. The molecule has 0 amide bonds. The summed E-state index contributed by atoms with van der Waals surface area (Å²) in [5.74, 6) is 0. The van der Waals surface area contributed by atoms with Crippen LogP contribution in [0.5, 0.6) is 0 Å². The third kappa shape index (κ3) is 21.6. The van der Waals surface area contributed by atoms with Crippen LogP contribution in [0.4, 0.5) is 0 Å². The molecule has 0 aromatic rings. The van der Waals surface area contributed by atoms with Gasteiger partial charge in [0, 0.05) is 5.25 Å². The third-order valence-corrected chi connectivity index (χ3v) is 6.72. The standard InChI is InChI=1S/C22H46O4S.Na/c1-3-4-19-22(27(24,25)26)20-17-15-13-11-9-7-5-6-8-10-12-14-16-18-21(2)23;/h21-23H,3-20H2,1-2H3,(H,24,25,26);/q;+1/p-1. The summed E-state index contributed by atoms with van der Waals surface area (Å²) < 4.78 is 33.8. The van der Waals surface area contributed by atoms with E-state index in [1.165, 1.54) is 57.8 Å². The molecule has 0 aliphatic carbocycles. The van der Waals surface area contributed by atoms with Crippen molar-refractivity contribution in [2.24, 2.45) is 0 Å². The van der Waals surface area contributed by atoms with Crippen molar-refractivity contribution in [1.29, 1.82) is 0 Å². The summed E-state index contributed by atoms with van der Waals surface area (Å²) in [6.07, 6.45) is 19.5. The smallest absolute Gasteiger partial charge is 0.748 e. The number of unbranched alkanes of at least 4 members (excludes halogenated alkanes) is 13. The van der Waals surface area contributed by atoms with Gasteiger partial charge >= 0.3 is 29.6 Å². The maximum absolute atomic E-state index is 11.3. The fraction of sp³-hybridized carbons (Fsp3) is 1.00. The van der Waals surface area contributed by atoms with Gasteiger partial charge in [0.15, 0.2) is 0 Å². The minimum absolute atomic E-state index is 0. The molecule has 0 saturated carbocycles. The van der Waals surface area contributed by atoms with Crippen LogP contribution in [-0.2, 0) is 10.1 Å². The first-order chi connectivity index (χ1) is 12.9. The summed E-state index contributed by atoms with van der Waals surface area (Å²) >= 11 is 0. The van der Waals surface area contributed by atoms with Crippen molar-refractivity contribution in [2.45, 2.75) is 141 Å². The van der Waals surface area contributed by atoms with Crippen molar-refractivity contribution >= 4 is 10.1 Å². The van der Waals surface area contributed by atoms with E-state index < -0.39 is 15.4 Å². The van der Waals surface area contributed by atoms with Crippen LogP contribution < -0.4 is 29.6 Å². The van der Waals surface area contributed by atoms with Gasteiger partial charge in [-0.3, -0.25) is 0 Å². The van der Waals surface area contributed by atoms with Crippen LogP contribution in [0.2, 0.25) is 0 Å². The molecule has 1 N–H and O–H groups in total. The van der Waals surface area contributed by atoms with Gasteiger partial charge in [0.1, 0.15) is 0 Å². The maximum atomic E-state index is 11.3. The van der Waals surface area contributed by atoms with Crippen LogP contribution in [0.1, 0.15) is 129 Å². The molecule has 0 saturated heterocycles. The number of aliphatic hydroxyl groups excluding tert-OH is 1. The average molecular weight is 429 g/mol. The van der Waals surface area contributed by atoms with Crippen molar-refractivity contribution in [1.82, 2.24) is 0 Å². The Bertz CT molecular complexity index is 413. The van der Waals surface area contributed by atoms with E-state index in [0.717, 1.165) is 44.9 Å². The average Bonchev–Trinajstić information content (AvgIpc) is 2.59. The Morgan fingerprint density at radius 3 is 1.32 bits per heavy atom. The summed E-state index contributed by atoms with van der Waals surface area (Å²) in [6.45, 7) is 3.88. The Morgan fingerprint density at radius 2 is 1.00 bits per heavy atom. The van der Waals surface area contributed by atoms with Gasteiger partial charge in [0.2, 0.25) is 0 Å². The van der Waals surface area contributed by atoms with Gasteiger partial charge in [-0.05, 0) is 26.2 Å². The minimum atomic E-state index is -4.12. The molecule has 2 unspecified atom stereocenters. The Hall–Kier alpha value is 0.870. The zero-order chi connectivity index (χ0) is 20.4. The van der Waals surface area contributed by atoms with Gasteiger partial charge in [-0.2, -0.15) is 0 Å². The molecule has 164 valence electrons. The second-order valence-corrected chi connectivity index (χ2v) is 9.93. The minimum Gasteiger partial charge on any atom is -0.748 e. The molecule has 6 heteroatoms. The number of rotatable bonds is 20. The molecule has 2 atom stereocenters.